The highest BCUT2D eigenvalue weighted by molar-refractivity contribution is 5.70. The van der Waals surface area contributed by atoms with E-state index in [1.54, 1.807) is 0 Å². The van der Waals surface area contributed by atoms with E-state index < -0.39 is 6.10 Å². The predicted octanol–water partition coefficient (Wildman–Crippen LogP) is 18.8. The molecule has 0 aliphatic rings. The SMILES string of the molecule is CC/C=C\C/C=C\C/C=C\C/C=C\CCCCCCCCC(=O)OCC(COCCC/C=C\C/C=C\C/C=C\C/C=C\CC)OC(=O)CCCCCCCCC/C=C\CCCCCCCC. The maximum Gasteiger partial charge on any atom is 0.306 e. The lowest BCUT2D eigenvalue weighted by Crippen LogP contribution is -2.30. The molecule has 0 saturated heterocycles. The molecule has 0 rings (SSSR count). The summed E-state index contributed by atoms with van der Waals surface area (Å²) in [6.07, 6.45) is 76.8. The number of esters is 2. The molecule has 376 valence electrons. The van der Waals surface area contributed by atoms with Crippen LogP contribution < -0.4 is 0 Å². The molecule has 0 radical (unpaired) electrons. The van der Waals surface area contributed by atoms with Crippen LogP contribution in [0.1, 0.15) is 239 Å². The summed E-state index contributed by atoms with van der Waals surface area (Å²) in [7, 11) is 0. The van der Waals surface area contributed by atoms with Gasteiger partial charge in [0, 0.05) is 19.4 Å². The molecule has 0 bridgehead atoms. The Bertz CT molecular complexity index is 1310. The average Bonchev–Trinajstić information content (AvgIpc) is 3.32. The Labute approximate surface area is 408 Å². The zero-order chi connectivity index (χ0) is 47.7. The van der Waals surface area contributed by atoms with E-state index >= 15 is 0 Å². The van der Waals surface area contributed by atoms with Crippen LogP contribution in [0.15, 0.2) is 109 Å². The van der Waals surface area contributed by atoms with E-state index in [-0.39, 0.29) is 25.2 Å². The van der Waals surface area contributed by atoms with Crippen LogP contribution in [0.2, 0.25) is 0 Å². The average molecular weight is 915 g/mol. The number of rotatable bonds is 49. The van der Waals surface area contributed by atoms with Gasteiger partial charge >= 0.3 is 11.9 Å². The standard InChI is InChI=1S/C61H102O5/c1-4-7-10-13-16-19-22-25-28-30-31-33-34-36-39-42-45-48-51-54-60(62)65-58-59(57-64-56-53-50-47-44-41-38-27-24-21-18-15-12-9-6-3)66-61(63)55-52-49-46-43-40-37-35-32-29-26-23-20-17-14-11-8-5-2/h7,9-10,12,16,18-19,21,25-29,31,33,38,44,47,59H,4-6,8,11,13-15,17,20,22-24,30,32,34-37,39-43,45-46,48-58H2,1-3H3/b10-7-,12-9-,19-16-,21-18-,28-25-,29-26-,33-31-,38-27-,47-44-. The van der Waals surface area contributed by atoms with E-state index in [2.05, 4.69) is 130 Å². The fourth-order valence-electron chi connectivity index (χ4n) is 7.26. The second-order valence-electron chi connectivity index (χ2n) is 17.7. The van der Waals surface area contributed by atoms with Crippen molar-refractivity contribution < 1.29 is 23.8 Å². The van der Waals surface area contributed by atoms with Gasteiger partial charge in [-0.1, -0.05) is 220 Å². The van der Waals surface area contributed by atoms with E-state index in [9.17, 15) is 9.59 Å². The summed E-state index contributed by atoms with van der Waals surface area (Å²) >= 11 is 0. The molecule has 5 heteroatoms. The van der Waals surface area contributed by atoms with Gasteiger partial charge in [0.1, 0.15) is 6.61 Å². The summed E-state index contributed by atoms with van der Waals surface area (Å²) in [4.78, 5) is 25.5. The van der Waals surface area contributed by atoms with Gasteiger partial charge in [-0.15, -0.1) is 0 Å². The van der Waals surface area contributed by atoms with Crippen LogP contribution in [-0.4, -0.2) is 37.9 Å². The first-order chi connectivity index (χ1) is 32.6. The first kappa shape index (κ1) is 62.6. The zero-order valence-corrected chi connectivity index (χ0v) is 43.2. The molecule has 1 unspecified atom stereocenters. The summed E-state index contributed by atoms with van der Waals surface area (Å²) in [5, 5.41) is 0. The van der Waals surface area contributed by atoms with Gasteiger partial charge in [-0.05, 0) is 116 Å². The minimum atomic E-state index is -0.580. The lowest BCUT2D eigenvalue weighted by molar-refractivity contribution is -0.163. The Morgan fingerprint density at radius 1 is 0.348 bits per heavy atom. The highest BCUT2D eigenvalue weighted by Gasteiger charge is 2.17. The van der Waals surface area contributed by atoms with Gasteiger partial charge in [0.15, 0.2) is 6.10 Å². The molecule has 0 aromatic rings. The fourth-order valence-corrected chi connectivity index (χ4v) is 7.26. The van der Waals surface area contributed by atoms with Crippen LogP contribution in [0.25, 0.3) is 0 Å². The smallest absolute Gasteiger partial charge is 0.306 e. The number of ether oxygens (including phenoxy) is 3. The summed E-state index contributed by atoms with van der Waals surface area (Å²) in [5.74, 6) is -0.451. The lowest BCUT2D eigenvalue weighted by atomic mass is 10.1. The van der Waals surface area contributed by atoms with Crippen LogP contribution in [0, 0.1) is 0 Å². The molecule has 66 heavy (non-hydrogen) atoms. The maximum absolute atomic E-state index is 12.8. The highest BCUT2D eigenvalue weighted by atomic mass is 16.6. The normalized spacial score (nSPS) is 13.1. The van der Waals surface area contributed by atoms with Crippen LogP contribution in [0.5, 0.6) is 0 Å². The van der Waals surface area contributed by atoms with E-state index in [1.807, 2.05) is 0 Å². The molecule has 0 aromatic carbocycles. The molecule has 5 nitrogen and oxygen atoms in total. The molecule has 0 fully saturated rings. The van der Waals surface area contributed by atoms with Crippen molar-refractivity contribution in [2.75, 3.05) is 19.8 Å². The summed E-state index contributed by atoms with van der Waals surface area (Å²) in [6, 6.07) is 0. The fraction of sp³-hybridized carbons (Fsp3) is 0.672. The number of hydrogen-bond acceptors (Lipinski definition) is 5. The monoisotopic (exact) mass is 915 g/mol. The summed E-state index contributed by atoms with van der Waals surface area (Å²) < 4.78 is 17.4. The maximum atomic E-state index is 12.8. The second kappa shape index (κ2) is 55.9. The molecule has 1 atom stereocenters. The molecule has 0 heterocycles. The minimum Gasteiger partial charge on any atom is -0.462 e. The molecule has 0 saturated carbocycles. The van der Waals surface area contributed by atoms with Gasteiger partial charge in [-0.3, -0.25) is 9.59 Å². The highest BCUT2D eigenvalue weighted by Crippen LogP contribution is 2.14. The predicted molar refractivity (Wildman–Crippen MR) is 288 cm³/mol. The Morgan fingerprint density at radius 2 is 0.682 bits per heavy atom. The number of unbranched alkanes of at least 4 members (excludes halogenated alkanes) is 20. The van der Waals surface area contributed by atoms with Crippen LogP contribution in [0.4, 0.5) is 0 Å². The van der Waals surface area contributed by atoms with Gasteiger partial charge in [0.2, 0.25) is 0 Å². The van der Waals surface area contributed by atoms with Crippen LogP contribution in [0.3, 0.4) is 0 Å². The quantitative estimate of drug-likeness (QED) is 0.0346. The van der Waals surface area contributed by atoms with Crippen molar-refractivity contribution in [2.45, 2.75) is 245 Å². The van der Waals surface area contributed by atoms with Crippen molar-refractivity contribution in [3.05, 3.63) is 109 Å². The van der Waals surface area contributed by atoms with Crippen molar-refractivity contribution in [2.24, 2.45) is 0 Å². The van der Waals surface area contributed by atoms with Crippen LogP contribution in [-0.2, 0) is 23.8 Å². The molecular weight excluding hydrogens is 813 g/mol. The Hall–Kier alpha value is -3.44. The first-order valence-electron chi connectivity index (χ1n) is 27.4. The van der Waals surface area contributed by atoms with Gasteiger partial charge in [-0.2, -0.15) is 0 Å². The third-order valence-corrected chi connectivity index (χ3v) is 11.3. The lowest BCUT2D eigenvalue weighted by Gasteiger charge is -2.18. The van der Waals surface area contributed by atoms with Crippen molar-refractivity contribution >= 4 is 11.9 Å². The van der Waals surface area contributed by atoms with Crippen molar-refractivity contribution in [1.29, 1.82) is 0 Å². The van der Waals surface area contributed by atoms with E-state index in [0.717, 1.165) is 109 Å². The van der Waals surface area contributed by atoms with Gasteiger partial charge in [-0.25, -0.2) is 0 Å². The third kappa shape index (κ3) is 53.2. The number of allylic oxidation sites excluding steroid dienone is 18. The van der Waals surface area contributed by atoms with E-state index in [4.69, 9.17) is 14.2 Å². The van der Waals surface area contributed by atoms with Crippen molar-refractivity contribution in [3.8, 4) is 0 Å². The van der Waals surface area contributed by atoms with Gasteiger partial charge in [0.25, 0.3) is 0 Å². The Morgan fingerprint density at radius 3 is 1.11 bits per heavy atom. The second-order valence-corrected chi connectivity index (χ2v) is 17.7. The molecule has 0 spiro atoms. The number of carbonyl (C=O) groups excluding carboxylic acids is 2. The first-order valence-corrected chi connectivity index (χ1v) is 27.4. The topological polar surface area (TPSA) is 61.8 Å². The molecule has 0 aromatic heterocycles. The van der Waals surface area contributed by atoms with Crippen molar-refractivity contribution in [1.82, 2.24) is 0 Å². The number of carbonyl (C=O) groups is 2. The van der Waals surface area contributed by atoms with Gasteiger partial charge in [0.05, 0.1) is 6.61 Å². The Balaban J connectivity index is 4.37. The third-order valence-electron chi connectivity index (χ3n) is 11.3. The minimum absolute atomic E-state index is 0.0486. The summed E-state index contributed by atoms with van der Waals surface area (Å²) in [6.45, 7) is 7.44. The van der Waals surface area contributed by atoms with Crippen molar-refractivity contribution in [3.63, 3.8) is 0 Å². The van der Waals surface area contributed by atoms with E-state index in [0.29, 0.717) is 19.4 Å². The zero-order valence-electron chi connectivity index (χ0n) is 43.2. The molecular formula is C61H102O5. The molecule has 0 aliphatic heterocycles. The van der Waals surface area contributed by atoms with E-state index in [1.165, 1.54) is 96.3 Å². The van der Waals surface area contributed by atoms with Crippen LogP contribution >= 0.6 is 0 Å². The largest absolute Gasteiger partial charge is 0.462 e. The molecule has 0 amide bonds. The Kier molecular flexibility index (Phi) is 53.0. The number of hydrogen-bond donors (Lipinski definition) is 0. The summed E-state index contributed by atoms with van der Waals surface area (Å²) in [5.41, 5.74) is 0. The van der Waals surface area contributed by atoms with Gasteiger partial charge < -0.3 is 14.2 Å². The molecule has 0 aliphatic carbocycles. The molecule has 0 N–H and O–H groups in total.